The second kappa shape index (κ2) is 4.72. The summed E-state index contributed by atoms with van der Waals surface area (Å²) in [6.45, 7) is 1.74. The van der Waals surface area contributed by atoms with Gasteiger partial charge in [0.15, 0.2) is 0 Å². The van der Waals surface area contributed by atoms with Crippen LogP contribution in [0.3, 0.4) is 0 Å². The van der Waals surface area contributed by atoms with Crippen LogP contribution in [0.5, 0.6) is 0 Å². The first-order valence-corrected chi connectivity index (χ1v) is 5.51. The Bertz CT molecular complexity index is 402. The quantitative estimate of drug-likeness (QED) is 0.509. The number of nitrogen functional groups attached to an aromatic ring is 1. The van der Waals surface area contributed by atoms with Crippen molar-refractivity contribution in [1.82, 2.24) is 0 Å². The van der Waals surface area contributed by atoms with Crippen molar-refractivity contribution >= 4 is 17.4 Å². The second-order valence-electron chi connectivity index (χ2n) is 3.33. The Labute approximate surface area is 99.2 Å². The molecule has 0 saturated carbocycles. The lowest BCUT2D eigenvalue weighted by atomic mass is 10.1. The SMILES string of the molecule is CCc1cc(SC(F)(F)C(F)(F)F)ccc1N. The van der Waals surface area contributed by atoms with Crippen LogP contribution in [0.15, 0.2) is 23.1 Å². The van der Waals surface area contributed by atoms with Crippen molar-refractivity contribution in [3.05, 3.63) is 23.8 Å². The van der Waals surface area contributed by atoms with Crippen LogP contribution in [0.2, 0.25) is 0 Å². The summed E-state index contributed by atoms with van der Waals surface area (Å²) < 4.78 is 61.5. The maximum Gasteiger partial charge on any atom is 0.464 e. The molecule has 0 fully saturated rings. The Kier molecular flexibility index (Phi) is 3.91. The highest BCUT2D eigenvalue weighted by Crippen LogP contribution is 2.47. The van der Waals surface area contributed by atoms with Gasteiger partial charge in [-0.3, -0.25) is 0 Å². The number of nitrogens with two attached hydrogens (primary N) is 1. The van der Waals surface area contributed by atoms with Crippen LogP contribution in [-0.2, 0) is 6.42 Å². The van der Waals surface area contributed by atoms with Crippen molar-refractivity contribution in [2.75, 3.05) is 5.73 Å². The predicted octanol–water partition coefficient (Wildman–Crippen LogP) is 4.08. The van der Waals surface area contributed by atoms with E-state index in [9.17, 15) is 22.0 Å². The van der Waals surface area contributed by atoms with E-state index in [2.05, 4.69) is 0 Å². The Balaban J connectivity index is 2.96. The van der Waals surface area contributed by atoms with Gasteiger partial charge in [0.25, 0.3) is 0 Å². The molecule has 0 aliphatic carbocycles. The van der Waals surface area contributed by atoms with Gasteiger partial charge in [-0.15, -0.1) is 0 Å². The number of rotatable bonds is 3. The molecule has 0 aliphatic rings. The molecule has 2 N–H and O–H groups in total. The number of anilines is 1. The first-order chi connectivity index (χ1) is 7.67. The molecule has 0 heterocycles. The summed E-state index contributed by atoms with van der Waals surface area (Å²) in [6, 6.07) is 3.73. The van der Waals surface area contributed by atoms with Crippen molar-refractivity contribution in [2.24, 2.45) is 0 Å². The third kappa shape index (κ3) is 3.24. The molecule has 0 atom stereocenters. The molecule has 1 rings (SSSR count). The van der Waals surface area contributed by atoms with Gasteiger partial charge in [-0.05, 0) is 41.9 Å². The first kappa shape index (κ1) is 14.1. The fourth-order valence-electron chi connectivity index (χ4n) is 1.16. The minimum Gasteiger partial charge on any atom is -0.399 e. The summed E-state index contributed by atoms with van der Waals surface area (Å²) in [6.07, 6.45) is -5.09. The Morgan fingerprint density at radius 2 is 1.76 bits per heavy atom. The van der Waals surface area contributed by atoms with Gasteiger partial charge in [-0.25, -0.2) is 0 Å². The Hall–Kier alpha value is -0.980. The molecular formula is C10H10F5NS. The lowest BCUT2D eigenvalue weighted by Crippen LogP contribution is -2.32. The van der Waals surface area contributed by atoms with Gasteiger partial charge in [-0.1, -0.05) is 6.92 Å². The van der Waals surface area contributed by atoms with Gasteiger partial charge in [0, 0.05) is 10.6 Å². The minimum atomic E-state index is -5.56. The molecule has 0 spiro atoms. The maximum atomic E-state index is 12.8. The molecule has 17 heavy (non-hydrogen) atoms. The minimum absolute atomic E-state index is 0.154. The standard InChI is InChI=1S/C10H10F5NS/c1-2-6-5-7(3-4-8(6)16)17-10(14,15)9(11,12)13/h3-5H,2,16H2,1H3. The summed E-state index contributed by atoms with van der Waals surface area (Å²) >= 11 is -0.523. The molecule has 1 aromatic carbocycles. The third-order valence-electron chi connectivity index (χ3n) is 2.07. The summed E-state index contributed by atoms with van der Waals surface area (Å²) in [5.41, 5.74) is 6.46. The van der Waals surface area contributed by atoms with E-state index in [1.54, 1.807) is 6.92 Å². The second-order valence-corrected chi connectivity index (χ2v) is 4.52. The van der Waals surface area contributed by atoms with Gasteiger partial charge < -0.3 is 5.73 Å². The van der Waals surface area contributed by atoms with Crippen LogP contribution < -0.4 is 5.73 Å². The molecule has 1 aromatic rings. The highest BCUT2D eigenvalue weighted by molar-refractivity contribution is 8.00. The molecule has 0 aliphatic heterocycles. The zero-order valence-electron chi connectivity index (χ0n) is 8.81. The number of hydrogen-bond acceptors (Lipinski definition) is 2. The fraction of sp³-hybridized carbons (Fsp3) is 0.400. The Morgan fingerprint density at radius 1 is 1.18 bits per heavy atom. The number of hydrogen-bond donors (Lipinski definition) is 1. The highest BCUT2D eigenvalue weighted by atomic mass is 32.2. The number of halogens is 5. The summed E-state index contributed by atoms with van der Waals surface area (Å²) in [4.78, 5) is -0.154. The van der Waals surface area contributed by atoms with Crippen LogP contribution >= 0.6 is 11.8 Å². The van der Waals surface area contributed by atoms with Gasteiger partial charge in [0.1, 0.15) is 0 Å². The normalized spacial score (nSPS) is 12.8. The average Bonchev–Trinajstić information content (AvgIpc) is 2.19. The third-order valence-corrected chi connectivity index (χ3v) is 3.05. The molecular weight excluding hydrogens is 261 g/mol. The molecule has 1 nitrogen and oxygen atoms in total. The van der Waals surface area contributed by atoms with Crippen molar-refractivity contribution < 1.29 is 22.0 Å². The lowest BCUT2D eigenvalue weighted by molar-refractivity contribution is -0.237. The Morgan fingerprint density at radius 3 is 2.24 bits per heavy atom. The highest BCUT2D eigenvalue weighted by Gasteiger charge is 2.58. The van der Waals surface area contributed by atoms with E-state index < -0.39 is 23.2 Å². The van der Waals surface area contributed by atoms with Gasteiger partial charge >= 0.3 is 11.4 Å². The molecule has 0 aromatic heterocycles. The monoisotopic (exact) mass is 271 g/mol. The molecule has 0 unspecified atom stereocenters. The number of aryl methyl sites for hydroxylation is 1. The molecule has 0 bridgehead atoms. The van der Waals surface area contributed by atoms with Crippen molar-refractivity contribution in [3.8, 4) is 0 Å². The van der Waals surface area contributed by atoms with E-state index in [-0.39, 0.29) is 4.90 Å². The van der Waals surface area contributed by atoms with Crippen LogP contribution in [0.4, 0.5) is 27.6 Å². The lowest BCUT2D eigenvalue weighted by Gasteiger charge is -2.19. The first-order valence-electron chi connectivity index (χ1n) is 4.69. The van der Waals surface area contributed by atoms with Crippen LogP contribution in [0, 0.1) is 0 Å². The van der Waals surface area contributed by atoms with Crippen molar-refractivity contribution in [1.29, 1.82) is 0 Å². The summed E-state index contributed by atoms with van der Waals surface area (Å²) in [5, 5.41) is -4.80. The van der Waals surface area contributed by atoms with Gasteiger partial charge in [-0.2, -0.15) is 22.0 Å². The number of alkyl halides is 5. The van der Waals surface area contributed by atoms with E-state index in [4.69, 9.17) is 5.73 Å². The topological polar surface area (TPSA) is 26.0 Å². The van der Waals surface area contributed by atoms with E-state index in [1.807, 2.05) is 0 Å². The average molecular weight is 271 g/mol. The molecule has 0 saturated heterocycles. The van der Waals surface area contributed by atoms with E-state index >= 15 is 0 Å². The number of benzene rings is 1. The van der Waals surface area contributed by atoms with Crippen LogP contribution in [0.25, 0.3) is 0 Å². The van der Waals surface area contributed by atoms with Crippen molar-refractivity contribution in [2.45, 2.75) is 29.7 Å². The summed E-state index contributed by atoms with van der Waals surface area (Å²) in [7, 11) is 0. The maximum absolute atomic E-state index is 12.8. The molecule has 0 radical (unpaired) electrons. The zero-order valence-corrected chi connectivity index (χ0v) is 9.63. The molecule has 96 valence electrons. The molecule has 0 amide bonds. The van der Waals surface area contributed by atoms with E-state index in [0.717, 1.165) is 6.07 Å². The fourth-order valence-corrected chi connectivity index (χ4v) is 1.91. The van der Waals surface area contributed by atoms with E-state index in [0.29, 0.717) is 17.7 Å². The zero-order chi connectivity index (χ0) is 13.3. The summed E-state index contributed by atoms with van der Waals surface area (Å²) in [5.74, 6) is 0. The van der Waals surface area contributed by atoms with Gasteiger partial charge in [0.05, 0.1) is 0 Å². The van der Waals surface area contributed by atoms with Gasteiger partial charge in [0.2, 0.25) is 0 Å². The van der Waals surface area contributed by atoms with Crippen LogP contribution in [0.1, 0.15) is 12.5 Å². The number of thioether (sulfide) groups is 1. The molecule has 7 heteroatoms. The van der Waals surface area contributed by atoms with Crippen LogP contribution in [-0.4, -0.2) is 11.4 Å². The largest absolute Gasteiger partial charge is 0.464 e. The van der Waals surface area contributed by atoms with Crippen molar-refractivity contribution in [3.63, 3.8) is 0 Å². The predicted molar refractivity (Wildman–Crippen MR) is 57.1 cm³/mol. The smallest absolute Gasteiger partial charge is 0.399 e. The van der Waals surface area contributed by atoms with E-state index in [1.165, 1.54) is 12.1 Å².